The van der Waals surface area contributed by atoms with E-state index in [0.717, 1.165) is 0 Å². The number of aliphatic hydroxyl groups is 2. The Labute approximate surface area is 216 Å². The zero-order chi connectivity index (χ0) is 27.1. The summed E-state index contributed by atoms with van der Waals surface area (Å²) < 4.78 is 29.1. The molecule has 0 spiro atoms. The van der Waals surface area contributed by atoms with Gasteiger partial charge in [-0.05, 0) is 51.9 Å². The van der Waals surface area contributed by atoms with Crippen molar-refractivity contribution >= 4 is 17.2 Å². The van der Waals surface area contributed by atoms with Crippen molar-refractivity contribution in [1.29, 1.82) is 0 Å². The first kappa shape index (κ1) is 26.5. The number of carbonyl (C=O) groups excluding carboxylic acids is 1. The minimum absolute atomic E-state index is 0.263. The Morgan fingerprint density at radius 1 is 0.921 bits per heavy atom. The molecule has 2 atom stereocenters. The van der Waals surface area contributed by atoms with Crippen LogP contribution in [0.15, 0.2) is 91.0 Å². The number of tetrazole rings is 1. The SMILES string of the molecule is O=C([O-])C[C@H](O)C[C@H](O)/C=C/C(=C(c1ccc(F)cc1)c1ccc(F)cc1)n1nnnc1-c1ccccc1. The molecule has 0 amide bonds. The van der Waals surface area contributed by atoms with Crippen LogP contribution in [-0.4, -0.2) is 48.6 Å². The van der Waals surface area contributed by atoms with E-state index >= 15 is 0 Å². The summed E-state index contributed by atoms with van der Waals surface area (Å²) in [6.07, 6.45) is -0.581. The summed E-state index contributed by atoms with van der Waals surface area (Å²) in [6, 6.07) is 20.4. The van der Waals surface area contributed by atoms with Crippen LogP contribution in [0.2, 0.25) is 0 Å². The maximum Gasteiger partial charge on any atom is 0.187 e. The number of carbonyl (C=O) groups is 1. The molecular formula is C28H23F2N4O4-. The van der Waals surface area contributed by atoms with Gasteiger partial charge in [-0.2, -0.15) is 4.68 Å². The molecule has 8 nitrogen and oxygen atoms in total. The highest BCUT2D eigenvalue weighted by Crippen LogP contribution is 2.32. The summed E-state index contributed by atoms with van der Waals surface area (Å²) in [5, 5.41) is 43.3. The van der Waals surface area contributed by atoms with Gasteiger partial charge in [-0.1, -0.05) is 60.7 Å². The molecule has 3 aromatic carbocycles. The lowest BCUT2D eigenvalue weighted by molar-refractivity contribution is -0.307. The number of carboxylic acids is 1. The van der Waals surface area contributed by atoms with E-state index in [2.05, 4.69) is 15.5 Å². The van der Waals surface area contributed by atoms with Crippen LogP contribution in [0.1, 0.15) is 24.0 Å². The number of aliphatic carboxylic acids is 1. The third kappa shape index (κ3) is 6.61. The molecule has 0 saturated heterocycles. The second-order valence-electron chi connectivity index (χ2n) is 8.45. The zero-order valence-corrected chi connectivity index (χ0v) is 20.0. The van der Waals surface area contributed by atoms with Gasteiger partial charge in [0.05, 0.1) is 17.9 Å². The van der Waals surface area contributed by atoms with Crippen LogP contribution in [0.5, 0.6) is 0 Å². The summed E-state index contributed by atoms with van der Waals surface area (Å²) in [5.41, 5.74) is 2.64. The van der Waals surface area contributed by atoms with E-state index < -0.39 is 36.2 Å². The standard InChI is InChI=1S/C28H24F2N4O4/c29-21-10-6-18(7-11-21)27(19-8-12-22(30)13-9-19)25(15-14-23(35)16-24(36)17-26(37)38)34-28(31-32-33-34)20-4-2-1-3-5-20/h1-15,23-24,35-36H,16-17H2,(H,37,38)/p-1/b15-14+/t23-,24-/m1/s1. The number of allylic oxidation sites excluding steroid dienone is 2. The number of hydrogen-bond donors (Lipinski definition) is 2. The van der Waals surface area contributed by atoms with Gasteiger partial charge in [-0.15, -0.1) is 5.10 Å². The summed E-state index contributed by atoms with van der Waals surface area (Å²) in [5.74, 6) is -1.98. The summed E-state index contributed by atoms with van der Waals surface area (Å²) in [6.45, 7) is 0. The fourth-order valence-corrected chi connectivity index (χ4v) is 3.91. The Hall–Kier alpha value is -4.54. The van der Waals surface area contributed by atoms with Gasteiger partial charge in [0.1, 0.15) is 11.6 Å². The van der Waals surface area contributed by atoms with Crippen LogP contribution in [0, 0.1) is 11.6 Å². The topological polar surface area (TPSA) is 124 Å². The van der Waals surface area contributed by atoms with Gasteiger partial charge in [0, 0.05) is 29.9 Å². The highest BCUT2D eigenvalue weighted by Gasteiger charge is 2.19. The van der Waals surface area contributed by atoms with Crippen LogP contribution in [0.4, 0.5) is 8.78 Å². The lowest BCUT2D eigenvalue weighted by Crippen LogP contribution is -2.29. The fraction of sp³-hybridized carbons (Fsp3) is 0.143. The predicted molar refractivity (Wildman–Crippen MR) is 134 cm³/mol. The monoisotopic (exact) mass is 517 g/mol. The van der Waals surface area contributed by atoms with Crippen LogP contribution in [0.25, 0.3) is 22.7 Å². The molecule has 0 bridgehead atoms. The van der Waals surface area contributed by atoms with Gasteiger partial charge in [-0.25, -0.2) is 8.78 Å². The maximum atomic E-state index is 13.8. The second-order valence-corrected chi connectivity index (χ2v) is 8.45. The van der Waals surface area contributed by atoms with Crippen molar-refractivity contribution < 1.29 is 28.9 Å². The van der Waals surface area contributed by atoms with Crippen LogP contribution < -0.4 is 5.11 Å². The third-order valence-corrected chi connectivity index (χ3v) is 5.64. The summed E-state index contributed by atoms with van der Waals surface area (Å²) >= 11 is 0. The highest BCUT2D eigenvalue weighted by atomic mass is 19.1. The van der Waals surface area contributed by atoms with Crippen molar-refractivity contribution in [3.05, 3.63) is 114 Å². The summed E-state index contributed by atoms with van der Waals surface area (Å²) in [7, 11) is 0. The molecule has 4 rings (SSSR count). The number of aromatic nitrogens is 4. The number of halogens is 2. The van der Waals surface area contributed by atoms with E-state index in [-0.39, 0.29) is 6.42 Å². The van der Waals surface area contributed by atoms with E-state index in [4.69, 9.17) is 0 Å². The average Bonchev–Trinajstić information content (AvgIpc) is 3.38. The van der Waals surface area contributed by atoms with E-state index in [9.17, 15) is 28.9 Å². The van der Waals surface area contributed by atoms with Gasteiger partial charge < -0.3 is 20.1 Å². The Balaban J connectivity index is 1.91. The van der Waals surface area contributed by atoms with E-state index in [1.54, 1.807) is 24.3 Å². The van der Waals surface area contributed by atoms with Crippen molar-refractivity contribution in [3.8, 4) is 11.4 Å². The third-order valence-electron chi connectivity index (χ3n) is 5.64. The highest BCUT2D eigenvalue weighted by molar-refractivity contribution is 5.97. The number of carboxylic acid groups (broad SMARTS) is 1. The van der Waals surface area contributed by atoms with E-state index in [1.165, 1.54) is 41.1 Å². The minimum atomic E-state index is -1.44. The molecule has 2 N–H and O–H groups in total. The average molecular weight is 518 g/mol. The van der Waals surface area contributed by atoms with Crippen LogP contribution in [0.3, 0.4) is 0 Å². The van der Waals surface area contributed by atoms with Gasteiger partial charge >= 0.3 is 0 Å². The first-order valence-corrected chi connectivity index (χ1v) is 11.7. The van der Waals surface area contributed by atoms with Gasteiger partial charge in [0.2, 0.25) is 0 Å². The molecule has 10 heteroatoms. The van der Waals surface area contributed by atoms with E-state index in [1.807, 2.05) is 30.3 Å². The Kier molecular flexibility index (Phi) is 8.47. The van der Waals surface area contributed by atoms with Crippen molar-refractivity contribution in [2.24, 2.45) is 0 Å². The normalized spacial score (nSPS) is 12.8. The van der Waals surface area contributed by atoms with Crippen molar-refractivity contribution in [2.45, 2.75) is 25.0 Å². The molecule has 0 fully saturated rings. The second kappa shape index (κ2) is 12.1. The maximum absolute atomic E-state index is 13.8. The van der Waals surface area contributed by atoms with Crippen LogP contribution in [-0.2, 0) is 4.79 Å². The smallest absolute Gasteiger partial charge is 0.187 e. The first-order chi connectivity index (χ1) is 18.3. The Bertz CT molecular complexity index is 1390. The molecule has 1 heterocycles. The minimum Gasteiger partial charge on any atom is -0.550 e. The number of nitrogens with zero attached hydrogens (tertiary/aromatic N) is 4. The molecule has 38 heavy (non-hydrogen) atoms. The molecular weight excluding hydrogens is 494 g/mol. The fourth-order valence-electron chi connectivity index (χ4n) is 3.91. The van der Waals surface area contributed by atoms with Gasteiger partial charge in [-0.3, -0.25) is 0 Å². The quantitative estimate of drug-likeness (QED) is 0.310. The number of aliphatic hydroxyl groups excluding tert-OH is 2. The lowest BCUT2D eigenvalue weighted by atomic mass is 9.95. The first-order valence-electron chi connectivity index (χ1n) is 11.7. The van der Waals surface area contributed by atoms with E-state index in [0.29, 0.717) is 33.8 Å². The molecule has 0 unspecified atom stereocenters. The molecule has 0 radical (unpaired) electrons. The molecule has 0 aliphatic rings. The number of rotatable bonds is 10. The molecule has 0 aliphatic heterocycles. The molecule has 4 aromatic rings. The predicted octanol–water partition coefficient (Wildman–Crippen LogP) is 2.84. The lowest BCUT2D eigenvalue weighted by Gasteiger charge is -2.17. The Morgan fingerprint density at radius 3 is 2.05 bits per heavy atom. The van der Waals surface area contributed by atoms with Gasteiger partial charge in [0.15, 0.2) is 5.82 Å². The molecule has 194 valence electrons. The van der Waals surface area contributed by atoms with Crippen molar-refractivity contribution in [2.75, 3.05) is 0 Å². The largest absolute Gasteiger partial charge is 0.550 e. The molecule has 0 saturated carbocycles. The Morgan fingerprint density at radius 2 is 1.50 bits per heavy atom. The summed E-state index contributed by atoms with van der Waals surface area (Å²) in [4.78, 5) is 10.8. The van der Waals surface area contributed by atoms with Gasteiger partial charge in [0.25, 0.3) is 0 Å². The van der Waals surface area contributed by atoms with Crippen molar-refractivity contribution in [1.82, 2.24) is 20.2 Å². The zero-order valence-electron chi connectivity index (χ0n) is 20.0. The number of benzene rings is 3. The molecule has 0 aliphatic carbocycles. The number of hydrogen-bond acceptors (Lipinski definition) is 7. The van der Waals surface area contributed by atoms with Crippen molar-refractivity contribution in [3.63, 3.8) is 0 Å². The molecule has 1 aromatic heterocycles. The van der Waals surface area contributed by atoms with Crippen LogP contribution >= 0.6 is 0 Å².